The van der Waals surface area contributed by atoms with Crippen LogP contribution in [0.2, 0.25) is 0 Å². The van der Waals surface area contributed by atoms with Crippen LogP contribution in [0.1, 0.15) is 65.1 Å². The Kier molecular flexibility index (Phi) is 5.10. The van der Waals surface area contributed by atoms with Gasteiger partial charge in [0.15, 0.2) is 0 Å². The molecule has 1 atom stereocenters. The highest BCUT2D eigenvalue weighted by atomic mass is 16.5. The van der Waals surface area contributed by atoms with Gasteiger partial charge in [0.25, 0.3) is 0 Å². The summed E-state index contributed by atoms with van der Waals surface area (Å²) in [5.41, 5.74) is 1.42. The first-order chi connectivity index (χ1) is 9.92. The van der Waals surface area contributed by atoms with Crippen molar-refractivity contribution in [1.29, 1.82) is 0 Å². The van der Waals surface area contributed by atoms with E-state index in [1.807, 2.05) is 17.9 Å². The standard InChI is InChI=1S/C17H31N3O/c1-6-18-15(14-8-13-20(5)19-14)17(21-7-2)11-9-16(3,4)10-12-17/h8,13,15,18H,6-7,9-12H2,1-5H3. The highest BCUT2D eigenvalue weighted by molar-refractivity contribution is 5.14. The topological polar surface area (TPSA) is 39.1 Å². The summed E-state index contributed by atoms with van der Waals surface area (Å²) in [4.78, 5) is 0. The summed E-state index contributed by atoms with van der Waals surface area (Å²) >= 11 is 0. The minimum Gasteiger partial charge on any atom is -0.373 e. The number of likely N-dealkylation sites (N-methyl/N-ethyl adjacent to an activating group) is 1. The van der Waals surface area contributed by atoms with E-state index in [4.69, 9.17) is 4.74 Å². The number of nitrogens with one attached hydrogen (secondary N) is 1. The molecule has 1 heterocycles. The van der Waals surface area contributed by atoms with Crippen molar-refractivity contribution in [3.8, 4) is 0 Å². The van der Waals surface area contributed by atoms with Crippen LogP contribution in [0, 0.1) is 5.41 Å². The maximum absolute atomic E-state index is 6.33. The predicted molar refractivity (Wildman–Crippen MR) is 86.2 cm³/mol. The maximum Gasteiger partial charge on any atom is 0.0892 e. The molecule has 0 aromatic carbocycles. The molecule has 1 saturated carbocycles. The molecule has 21 heavy (non-hydrogen) atoms. The molecular weight excluding hydrogens is 262 g/mol. The van der Waals surface area contributed by atoms with Crippen LogP contribution >= 0.6 is 0 Å². The molecule has 0 amide bonds. The quantitative estimate of drug-likeness (QED) is 0.873. The summed E-state index contributed by atoms with van der Waals surface area (Å²) in [6.07, 6.45) is 6.64. The molecule has 0 aliphatic heterocycles. The molecule has 1 fully saturated rings. The molecule has 1 aliphatic rings. The number of rotatable bonds is 6. The SMILES string of the molecule is CCNC(c1ccn(C)n1)C1(OCC)CCC(C)(C)CC1. The smallest absolute Gasteiger partial charge is 0.0892 e. The lowest BCUT2D eigenvalue weighted by molar-refractivity contribution is -0.108. The van der Waals surface area contributed by atoms with E-state index in [0.29, 0.717) is 5.41 Å². The third kappa shape index (κ3) is 3.67. The van der Waals surface area contributed by atoms with Gasteiger partial charge in [-0.2, -0.15) is 5.10 Å². The van der Waals surface area contributed by atoms with Gasteiger partial charge < -0.3 is 10.1 Å². The minimum absolute atomic E-state index is 0.116. The van der Waals surface area contributed by atoms with Gasteiger partial charge in [-0.15, -0.1) is 0 Å². The van der Waals surface area contributed by atoms with E-state index >= 15 is 0 Å². The minimum atomic E-state index is -0.116. The van der Waals surface area contributed by atoms with E-state index < -0.39 is 0 Å². The van der Waals surface area contributed by atoms with Crippen molar-refractivity contribution >= 4 is 0 Å². The fraction of sp³-hybridized carbons (Fsp3) is 0.824. The number of hydrogen-bond acceptors (Lipinski definition) is 3. The van der Waals surface area contributed by atoms with Crippen molar-refractivity contribution in [3.05, 3.63) is 18.0 Å². The van der Waals surface area contributed by atoms with Gasteiger partial charge >= 0.3 is 0 Å². The first-order valence-corrected chi connectivity index (χ1v) is 8.29. The third-order valence-corrected chi connectivity index (χ3v) is 4.85. The van der Waals surface area contributed by atoms with Crippen LogP contribution in [0.15, 0.2) is 12.3 Å². The van der Waals surface area contributed by atoms with Crippen molar-refractivity contribution < 1.29 is 4.74 Å². The van der Waals surface area contributed by atoms with Crippen LogP contribution in [0.3, 0.4) is 0 Å². The first-order valence-electron chi connectivity index (χ1n) is 8.29. The molecule has 0 bridgehead atoms. The van der Waals surface area contributed by atoms with Crippen LogP contribution < -0.4 is 5.32 Å². The van der Waals surface area contributed by atoms with Crippen molar-refractivity contribution in [2.75, 3.05) is 13.2 Å². The zero-order valence-electron chi connectivity index (χ0n) is 14.3. The van der Waals surface area contributed by atoms with Crippen molar-refractivity contribution in [2.24, 2.45) is 12.5 Å². The summed E-state index contributed by atoms with van der Waals surface area (Å²) in [6, 6.07) is 2.30. The van der Waals surface area contributed by atoms with E-state index in [1.54, 1.807) is 0 Å². The summed E-state index contributed by atoms with van der Waals surface area (Å²) in [7, 11) is 1.98. The van der Waals surface area contributed by atoms with E-state index in [1.165, 1.54) is 12.8 Å². The Morgan fingerprint density at radius 2 is 1.95 bits per heavy atom. The average molecular weight is 293 g/mol. The molecule has 1 aliphatic carbocycles. The normalized spacial score (nSPS) is 22.1. The van der Waals surface area contributed by atoms with Gasteiger partial charge in [0.1, 0.15) is 0 Å². The Morgan fingerprint density at radius 1 is 1.29 bits per heavy atom. The second kappa shape index (κ2) is 6.49. The Morgan fingerprint density at radius 3 is 2.43 bits per heavy atom. The molecule has 4 heteroatoms. The number of nitrogens with zero attached hydrogens (tertiary/aromatic N) is 2. The Hall–Kier alpha value is -0.870. The van der Waals surface area contributed by atoms with Crippen LogP contribution in [0.5, 0.6) is 0 Å². The highest BCUT2D eigenvalue weighted by Gasteiger charge is 2.45. The molecule has 1 unspecified atom stereocenters. The second-order valence-electron chi connectivity index (χ2n) is 7.07. The lowest BCUT2D eigenvalue weighted by Crippen LogP contribution is -2.50. The van der Waals surface area contributed by atoms with Crippen LogP contribution in [0.4, 0.5) is 0 Å². The van der Waals surface area contributed by atoms with Gasteiger partial charge in [0.2, 0.25) is 0 Å². The molecule has 0 radical (unpaired) electrons. The van der Waals surface area contributed by atoms with Gasteiger partial charge in [-0.25, -0.2) is 0 Å². The Bertz CT molecular complexity index is 443. The van der Waals surface area contributed by atoms with Crippen molar-refractivity contribution in [3.63, 3.8) is 0 Å². The van der Waals surface area contributed by atoms with Gasteiger partial charge in [0, 0.05) is 19.9 Å². The van der Waals surface area contributed by atoms with Crippen molar-refractivity contribution in [1.82, 2.24) is 15.1 Å². The van der Waals surface area contributed by atoms with E-state index in [-0.39, 0.29) is 11.6 Å². The molecule has 1 aromatic heterocycles. The molecule has 1 N–H and O–H groups in total. The molecular formula is C17H31N3O. The van der Waals surface area contributed by atoms with Crippen LogP contribution in [0.25, 0.3) is 0 Å². The van der Waals surface area contributed by atoms with Gasteiger partial charge in [0.05, 0.1) is 17.3 Å². The highest BCUT2D eigenvalue weighted by Crippen LogP contribution is 2.47. The van der Waals surface area contributed by atoms with Crippen LogP contribution in [-0.4, -0.2) is 28.5 Å². The molecule has 0 spiro atoms. The Balaban J connectivity index is 2.28. The molecule has 120 valence electrons. The Labute approximate surface area is 129 Å². The molecule has 0 saturated heterocycles. The summed E-state index contributed by atoms with van der Waals surface area (Å²) in [5, 5.41) is 8.28. The second-order valence-corrected chi connectivity index (χ2v) is 7.07. The van der Waals surface area contributed by atoms with E-state index in [9.17, 15) is 0 Å². The zero-order valence-corrected chi connectivity index (χ0v) is 14.3. The number of ether oxygens (including phenoxy) is 1. The lowest BCUT2D eigenvalue weighted by atomic mass is 9.68. The average Bonchev–Trinajstić information content (AvgIpc) is 2.85. The third-order valence-electron chi connectivity index (χ3n) is 4.85. The number of aryl methyl sites for hydroxylation is 1. The largest absolute Gasteiger partial charge is 0.373 e. The van der Waals surface area contributed by atoms with Gasteiger partial charge in [-0.1, -0.05) is 20.8 Å². The predicted octanol–water partition coefficient (Wildman–Crippen LogP) is 3.45. The molecule has 4 nitrogen and oxygen atoms in total. The molecule has 2 rings (SSSR count). The maximum atomic E-state index is 6.33. The number of aromatic nitrogens is 2. The van der Waals surface area contributed by atoms with Gasteiger partial charge in [-0.3, -0.25) is 4.68 Å². The van der Waals surface area contributed by atoms with Crippen molar-refractivity contribution in [2.45, 2.75) is 65.0 Å². The summed E-state index contributed by atoms with van der Waals surface area (Å²) < 4.78 is 8.21. The van der Waals surface area contributed by atoms with E-state index in [2.05, 4.69) is 44.2 Å². The van der Waals surface area contributed by atoms with Gasteiger partial charge in [-0.05, 0) is 50.6 Å². The number of hydrogen-bond donors (Lipinski definition) is 1. The van der Waals surface area contributed by atoms with E-state index in [0.717, 1.165) is 31.7 Å². The monoisotopic (exact) mass is 293 g/mol. The fourth-order valence-corrected chi connectivity index (χ4v) is 3.50. The first kappa shape index (κ1) is 16.5. The summed E-state index contributed by atoms with van der Waals surface area (Å²) in [6.45, 7) is 10.7. The zero-order chi connectivity index (χ0) is 15.5. The van der Waals surface area contributed by atoms with Crippen LogP contribution in [-0.2, 0) is 11.8 Å². The molecule has 1 aromatic rings. The lowest BCUT2D eigenvalue weighted by Gasteiger charge is -2.47. The fourth-order valence-electron chi connectivity index (χ4n) is 3.50. The summed E-state index contributed by atoms with van der Waals surface area (Å²) in [5.74, 6) is 0.